The second-order valence-electron chi connectivity index (χ2n) is 7.69. The van der Waals surface area contributed by atoms with Crippen LogP contribution in [0.3, 0.4) is 0 Å². The van der Waals surface area contributed by atoms with Crippen LogP contribution in [0.15, 0.2) is 0 Å². The van der Waals surface area contributed by atoms with E-state index in [1.54, 1.807) is 6.92 Å². The molecule has 11 nitrogen and oxygen atoms in total. The van der Waals surface area contributed by atoms with E-state index in [1.165, 1.54) is 9.80 Å². The summed E-state index contributed by atoms with van der Waals surface area (Å²) >= 11 is 0. The molecule has 2 aliphatic heterocycles. The van der Waals surface area contributed by atoms with Gasteiger partial charge in [-0.2, -0.15) is 0 Å². The van der Waals surface area contributed by atoms with Gasteiger partial charge in [0.25, 0.3) is 0 Å². The molecule has 2 saturated heterocycles. The molecular formula is C17H26N2O9. The summed E-state index contributed by atoms with van der Waals surface area (Å²) in [5.74, 6) is -0.454. The van der Waals surface area contributed by atoms with Crippen molar-refractivity contribution in [1.29, 1.82) is 0 Å². The Morgan fingerprint density at radius 3 is 1.96 bits per heavy atom. The fraction of sp³-hybridized carbons (Fsp3) is 0.824. The van der Waals surface area contributed by atoms with Crippen LogP contribution in [0.1, 0.15) is 26.2 Å². The molecule has 3 fully saturated rings. The van der Waals surface area contributed by atoms with Crippen LogP contribution in [0, 0.1) is 5.41 Å². The number of rotatable bonds is 2. The van der Waals surface area contributed by atoms with E-state index in [-0.39, 0.29) is 44.2 Å². The molecule has 3 rings (SSSR count). The first-order valence-electron chi connectivity index (χ1n) is 9.33. The molecule has 1 spiro atoms. The molecule has 0 bridgehead atoms. The van der Waals surface area contributed by atoms with E-state index < -0.39 is 48.1 Å². The topological polar surface area (TPSA) is 168 Å². The molecule has 0 aromatic rings. The average Bonchev–Trinajstić information content (AvgIpc) is 2.91. The Morgan fingerprint density at radius 2 is 1.50 bits per heavy atom. The van der Waals surface area contributed by atoms with E-state index in [1.807, 2.05) is 0 Å². The molecule has 5 N–H and O–H groups in total. The number of aliphatic hydroxyl groups excluding tert-OH is 5. The molecular weight excluding hydrogens is 376 g/mol. The first-order chi connectivity index (χ1) is 13.1. The number of carbonyl (C=O) groups excluding carboxylic acids is 3. The maximum atomic E-state index is 12.5. The lowest BCUT2D eigenvalue weighted by molar-refractivity contribution is -0.224. The van der Waals surface area contributed by atoms with E-state index in [0.29, 0.717) is 6.54 Å². The third-order valence-electron chi connectivity index (χ3n) is 6.09. The van der Waals surface area contributed by atoms with Gasteiger partial charge in [0.15, 0.2) is 6.10 Å². The number of imide groups is 1. The summed E-state index contributed by atoms with van der Waals surface area (Å²) in [4.78, 5) is 39.4. The Bertz CT molecular complexity index is 633. The first kappa shape index (κ1) is 20.9. The number of aliphatic hydroxyl groups is 5. The molecule has 28 heavy (non-hydrogen) atoms. The van der Waals surface area contributed by atoms with Gasteiger partial charge in [0.2, 0.25) is 11.8 Å². The third-order valence-corrected chi connectivity index (χ3v) is 6.09. The highest BCUT2D eigenvalue weighted by molar-refractivity contribution is 6.06. The molecule has 2 heterocycles. The van der Waals surface area contributed by atoms with Gasteiger partial charge in [-0.3, -0.25) is 14.5 Å². The highest BCUT2D eigenvalue weighted by Gasteiger charge is 2.54. The quantitative estimate of drug-likeness (QED) is 0.306. The Morgan fingerprint density at radius 1 is 1.00 bits per heavy atom. The molecule has 1 saturated carbocycles. The van der Waals surface area contributed by atoms with Crippen molar-refractivity contribution in [3.05, 3.63) is 0 Å². The third kappa shape index (κ3) is 3.26. The van der Waals surface area contributed by atoms with Crippen LogP contribution in [0.5, 0.6) is 0 Å². The fourth-order valence-electron chi connectivity index (χ4n) is 4.22. The lowest BCUT2D eigenvalue weighted by Gasteiger charge is -2.42. The molecule has 3 amide bonds. The number of likely N-dealkylation sites (tertiary alicyclic amines) is 2. The molecule has 4 unspecified atom stereocenters. The molecule has 3 aliphatic rings. The van der Waals surface area contributed by atoms with Crippen molar-refractivity contribution in [1.82, 2.24) is 9.80 Å². The molecule has 0 aromatic heterocycles. The van der Waals surface area contributed by atoms with Crippen LogP contribution in [-0.2, 0) is 14.3 Å². The van der Waals surface area contributed by atoms with Crippen LogP contribution >= 0.6 is 0 Å². The molecule has 11 heteroatoms. The lowest BCUT2D eigenvalue weighted by Crippen LogP contribution is -2.65. The predicted molar refractivity (Wildman–Crippen MR) is 90.6 cm³/mol. The minimum atomic E-state index is -1.79. The van der Waals surface area contributed by atoms with E-state index in [4.69, 9.17) is 4.74 Å². The largest absolute Gasteiger partial charge is 0.440 e. The van der Waals surface area contributed by atoms with Crippen molar-refractivity contribution in [2.75, 3.05) is 19.6 Å². The Hall–Kier alpha value is -1.79. The monoisotopic (exact) mass is 402 g/mol. The predicted octanol–water partition coefficient (Wildman–Crippen LogP) is -2.83. The lowest BCUT2D eigenvalue weighted by atomic mass is 9.77. The van der Waals surface area contributed by atoms with Crippen molar-refractivity contribution < 1.29 is 44.7 Å². The van der Waals surface area contributed by atoms with Gasteiger partial charge in [-0.05, 0) is 19.8 Å². The summed E-state index contributed by atoms with van der Waals surface area (Å²) < 4.78 is 5.08. The van der Waals surface area contributed by atoms with Gasteiger partial charge >= 0.3 is 6.09 Å². The number of carbonyl (C=O) groups is 3. The number of nitrogens with zero attached hydrogens (tertiary/aromatic N) is 2. The molecule has 0 radical (unpaired) electrons. The maximum Gasteiger partial charge on any atom is 0.410 e. The number of hydrogen-bond acceptors (Lipinski definition) is 9. The summed E-state index contributed by atoms with van der Waals surface area (Å²) in [5.41, 5.74) is -0.815. The van der Waals surface area contributed by atoms with E-state index >= 15 is 0 Å². The number of amides is 3. The average molecular weight is 402 g/mol. The Labute approximate surface area is 161 Å². The van der Waals surface area contributed by atoms with Crippen molar-refractivity contribution in [3.8, 4) is 0 Å². The van der Waals surface area contributed by atoms with E-state index in [9.17, 15) is 39.9 Å². The summed E-state index contributed by atoms with van der Waals surface area (Å²) in [5, 5.41) is 48.9. The van der Waals surface area contributed by atoms with Gasteiger partial charge in [0, 0.05) is 26.1 Å². The summed E-state index contributed by atoms with van der Waals surface area (Å²) in [6, 6.07) is 0. The summed E-state index contributed by atoms with van der Waals surface area (Å²) in [6.07, 6.45) is -10.8. The summed E-state index contributed by atoms with van der Waals surface area (Å²) in [7, 11) is 0. The second kappa shape index (κ2) is 7.56. The molecule has 1 aliphatic carbocycles. The van der Waals surface area contributed by atoms with Crippen molar-refractivity contribution in [2.24, 2.45) is 5.41 Å². The zero-order chi connectivity index (χ0) is 20.8. The van der Waals surface area contributed by atoms with Crippen molar-refractivity contribution >= 4 is 17.9 Å². The van der Waals surface area contributed by atoms with Crippen LogP contribution < -0.4 is 0 Å². The molecule has 4 atom stereocenters. The maximum absolute atomic E-state index is 12.5. The van der Waals surface area contributed by atoms with Gasteiger partial charge < -0.3 is 35.2 Å². The second-order valence-corrected chi connectivity index (χ2v) is 7.69. The zero-order valence-corrected chi connectivity index (χ0v) is 15.5. The van der Waals surface area contributed by atoms with E-state index in [2.05, 4.69) is 0 Å². The van der Waals surface area contributed by atoms with E-state index in [0.717, 1.165) is 0 Å². The van der Waals surface area contributed by atoms with Gasteiger partial charge in [0.05, 0.1) is 5.41 Å². The molecule has 0 aromatic carbocycles. The van der Waals surface area contributed by atoms with Crippen LogP contribution in [-0.4, -0.2) is 109 Å². The smallest absolute Gasteiger partial charge is 0.410 e. The van der Waals surface area contributed by atoms with Crippen LogP contribution in [0.4, 0.5) is 4.79 Å². The number of piperidine rings is 1. The standard InChI is InChI=1S/C17H26N2O9/c1-2-19-8(20)7-17(15(19)26)3-5-18(6-4-17)16(27)28-14-12(24)10(22)9(21)11(23)13(14)25/h9-14,21-25H,2-7H2,1H3/t9-,10?,11?,12?,13?,14+. The first-order valence-corrected chi connectivity index (χ1v) is 9.33. The minimum absolute atomic E-state index is 0.110. The van der Waals surface area contributed by atoms with Crippen molar-refractivity contribution in [3.63, 3.8) is 0 Å². The molecule has 158 valence electrons. The van der Waals surface area contributed by atoms with Crippen molar-refractivity contribution in [2.45, 2.75) is 62.8 Å². The zero-order valence-electron chi connectivity index (χ0n) is 15.5. The van der Waals surface area contributed by atoms with Gasteiger partial charge in [-0.15, -0.1) is 0 Å². The van der Waals surface area contributed by atoms with Gasteiger partial charge in [-0.1, -0.05) is 0 Å². The SMILES string of the molecule is CCN1C(=O)CC2(CCN(C(=O)O[C@H]3C(O)C(O)[C@@H](O)C(O)C3O)CC2)C1=O. The highest BCUT2D eigenvalue weighted by Crippen LogP contribution is 2.42. The van der Waals surface area contributed by atoms with Crippen LogP contribution in [0.2, 0.25) is 0 Å². The van der Waals surface area contributed by atoms with Gasteiger partial charge in [0.1, 0.15) is 30.5 Å². The Balaban J connectivity index is 1.62. The number of hydrogen-bond donors (Lipinski definition) is 5. The van der Waals surface area contributed by atoms with Crippen LogP contribution in [0.25, 0.3) is 0 Å². The highest BCUT2D eigenvalue weighted by atomic mass is 16.6. The number of ether oxygens (including phenoxy) is 1. The van der Waals surface area contributed by atoms with Gasteiger partial charge in [-0.25, -0.2) is 4.79 Å². The minimum Gasteiger partial charge on any atom is -0.440 e. The normalized spacial score (nSPS) is 38.2. The Kier molecular flexibility index (Phi) is 5.65. The summed E-state index contributed by atoms with van der Waals surface area (Å²) in [6.45, 7) is 2.31. The fourth-order valence-corrected chi connectivity index (χ4v) is 4.22.